The summed E-state index contributed by atoms with van der Waals surface area (Å²) in [7, 11) is 0. The molecule has 1 saturated carbocycles. The number of nitrogens with one attached hydrogen (secondary N) is 1. The third-order valence-electron chi connectivity index (χ3n) is 4.22. The number of hydrogen-bond donors (Lipinski definition) is 1. The molecule has 0 spiro atoms. The number of amides is 1. The van der Waals surface area contributed by atoms with Crippen LogP contribution in [0.4, 0.5) is 0 Å². The van der Waals surface area contributed by atoms with E-state index >= 15 is 0 Å². The van der Waals surface area contributed by atoms with Gasteiger partial charge in [-0.3, -0.25) is 4.79 Å². The van der Waals surface area contributed by atoms with Crippen LogP contribution in [0.5, 0.6) is 5.75 Å². The molecule has 20 heavy (non-hydrogen) atoms. The third kappa shape index (κ3) is 2.87. The van der Waals surface area contributed by atoms with Crippen molar-refractivity contribution in [2.75, 3.05) is 6.61 Å². The number of ether oxygens (including phenoxy) is 1. The predicted octanol–water partition coefficient (Wildman–Crippen LogP) is 2.71. The van der Waals surface area contributed by atoms with Crippen LogP contribution >= 0.6 is 0 Å². The van der Waals surface area contributed by atoms with Crippen molar-refractivity contribution in [3.63, 3.8) is 0 Å². The van der Waals surface area contributed by atoms with Crippen molar-refractivity contribution in [3.8, 4) is 5.75 Å². The summed E-state index contributed by atoms with van der Waals surface area (Å²) < 4.78 is 5.40. The van der Waals surface area contributed by atoms with Crippen molar-refractivity contribution >= 4 is 5.91 Å². The monoisotopic (exact) mass is 271 g/mol. The van der Waals surface area contributed by atoms with E-state index in [1.165, 1.54) is 6.42 Å². The minimum absolute atomic E-state index is 0.125. The minimum atomic E-state index is 0.125. The van der Waals surface area contributed by atoms with Gasteiger partial charge in [-0.15, -0.1) is 0 Å². The molecule has 3 nitrogen and oxygen atoms in total. The summed E-state index contributed by atoms with van der Waals surface area (Å²) in [5.74, 6) is 2.23. The molecule has 2 aliphatic rings. The number of carbonyl (C=O) groups excluding carboxylic acids is 1. The molecule has 1 amide bonds. The Hall–Kier alpha value is -1.77. The van der Waals surface area contributed by atoms with Gasteiger partial charge in [0.2, 0.25) is 5.91 Å². The highest BCUT2D eigenvalue weighted by Crippen LogP contribution is 2.38. The molecule has 0 aromatic heterocycles. The maximum atomic E-state index is 12.1. The van der Waals surface area contributed by atoms with Crippen molar-refractivity contribution in [2.45, 2.75) is 32.2 Å². The highest BCUT2D eigenvalue weighted by Gasteiger charge is 2.36. The van der Waals surface area contributed by atoms with Crippen LogP contribution in [0, 0.1) is 11.8 Å². The summed E-state index contributed by atoms with van der Waals surface area (Å²) in [6.45, 7) is 2.63. The van der Waals surface area contributed by atoms with Crippen molar-refractivity contribution in [2.24, 2.45) is 11.8 Å². The Kier molecular flexibility index (Phi) is 3.77. The normalized spacial score (nSPS) is 26.8. The van der Waals surface area contributed by atoms with Crippen LogP contribution in [-0.4, -0.2) is 18.6 Å². The molecule has 1 aromatic rings. The van der Waals surface area contributed by atoms with E-state index in [2.05, 4.69) is 17.5 Å². The summed E-state index contributed by atoms with van der Waals surface area (Å²) in [4.78, 5) is 12.1. The second-order valence-electron chi connectivity index (χ2n) is 5.71. The summed E-state index contributed by atoms with van der Waals surface area (Å²) in [6, 6.07) is 8.12. The molecule has 106 valence electrons. The van der Waals surface area contributed by atoms with Gasteiger partial charge in [-0.1, -0.05) is 24.3 Å². The van der Waals surface area contributed by atoms with Crippen molar-refractivity contribution in [3.05, 3.63) is 42.0 Å². The summed E-state index contributed by atoms with van der Waals surface area (Å²) >= 11 is 0. The lowest BCUT2D eigenvalue weighted by Crippen LogP contribution is -2.38. The Morgan fingerprint density at radius 3 is 2.65 bits per heavy atom. The smallest absolute Gasteiger partial charge is 0.224 e. The third-order valence-corrected chi connectivity index (χ3v) is 4.22. The molecule has 2 bridgehead atoms. The molecule has 2 aliphatic carbocycles. The lowest BCUT2D eigenvalue weighted by Gasteiger charge is -2.19. The quantitative estimate of drug-likeness (QED) is 0.836. The largest absolute Gasteiger partial charge is 0.494 e. The number of allylic oxidation sites excluding steroid dienone is 1. The first kappa shape index (κ1) is 13.2. The van der Waals surface area contributed by atoms with E-state index in [-0.39, 0.29) is 5.91 Å². The van der Waals surface area contributed by atoms with Gasteiger partial charge in [0.1, 0.15) is 5.75 Å². The fraction of sp³-hybridized carbons (Fsp3) is 0.471. The van der Waals surface area contributed by atoms with Crippen LogP contribution in [0.3, 0.4) is 0 Å². The van der Waals surface area contributed by atoms with E-state index in [0.717, 1.165) is 17.7 Å². The highest BCUT2D eigenvalue weighted by molar-refractivity contribution is 5.79. The fourth-order valence-electron chi connectivity index (χ4n) is 3.26. The Balaban J connectivity index is 1.52. The summed E-state index contributed by atoms with van der Waals surface area (Å²) in [6.07, 6.45) is 7.32. The lowest BCUT2D eigenvalue weighted by molar-refractivity contribution is -0.121. The lowest BCUT2D eigenvalue weighted by atomic mass is 10.0. The minimum Gasteiger partial charge on any atom is -0.494 e. The zero-order valence-electron chi connectivity index (χ0n) is 11.8. The first-order valence-corrected chi connectivity index (χ1v) is 7.44. The molecule has 0 aliphatic heterocycles. The van der Waals surface area contributed by atoms with Crippen LogP contribution in [0.25, 0.3) is 0 Å². The van der Waals surface area contributed by atoms with Crippen molar-refractivity contribution in [1.29, 1.82) is 0 Å². The standard InChI is InChI=1S/C17H21NO2/c1-2-20-15-7-4-12(5-8-15)11-17(19)18-16-10-13-3-6-14(16)9-13/h3-8,13-14,16H,2,9-11H2,1H3,(H,18,19). The van der Waals surface area contributed by atoms with Gasteiger partial charge >= 0.3 is 0 Å². The SMILES string of the molecule is CCOc1ccc(CC(=O)NC2CC3C=CC2C3)cc1. The van der Waals surface area contributed by atoms with Crippen LogP contribution in [0.15, 0.2) is 36.4 Å². The molecule has 0 saturated heterocycles. The van der Waals surface area contributed by atoms with E-state index in [0.29, 0.717) is 30.9 Å². The van der Waals surface area contributed by atoms with E-state index in [1.54, 1.807) is 0 Å². The molecule has 1 N–H and O–H groups in total. The fourth-order valence-corrected chi connectivity index (χ4v) is 3.26. The molecule has 0 heterocycles. The van der Waals surface area contributed by atoms with Crippen LogP contribution < -0.4 is 10.1 Å². The number of fused-ring (bicyclic) bond motifs is 2. The molecule has 1 aromatic carbocycles. The number of rotatable bonds is 5. The summed E-state index contributed by atoms with van der Waals surface area (Å²) in [5.41, 5.74) is 1.03. The van der Waals surface area contributed by atoms with Gasteiger partial charge in [-0.2, -0.15) is 0 Å². The Labute approximate surface area is 120 Å². The molecule has 1 fully saturated rings. The predicted molar refractivity (Wildman–Crippen MR) is 78.6 cm³/mol. The van der Waals surface area contributed by atoms with E-state index < -0.39 is 0 Å². The molecular weight excluding hydrogens is 250 g/mol. The number of benzene rings is 1. The van der Waals surface area contributed by atoms with Crippen molar-refractivity contribution < 1.29 is 9.53 Å². The van der Waals surface area contributed by atoms with Crippen LogP contribution in [-0.2, 0) is 11.2 Å². The zero-order chi connectivity index (χ0) is 13.9. The van der Waals surface area contributed by atoms with Gasteiger partial charge in [0.25, 0.3) is 0 Å². The van der Waals surface area contributed by atoms with Crippen molar-refractivity contribution in [1.82, 2.24) is 5.32 Å². The first-order valence-electron chi connectivity index (χ1n) is 7.44. The van der Waals surface area contributed by atoms with E-state index in [4.69, 9.17) is 4.74 Å². The Morgan fingerprint density at radius 2 is 2.05 bits per heavy atom. The maximum Gasteiger partial charge on any atom is 0.224 e. The van der Waals surface area contributed by atoms with E-state index in [1.807, 2.05) is 31.2 Å². The van der Waals surface area contributed by atoms with Crippen LogP contribution in [0.2, 0.25) is 0 Å². The van der Waals surface area contributed by atoms with Crippen LogP contribution in [0.1, 0.15) is 25.3 Å². The summed E-state index contributed by atoms with van der Waals surface area (Å²) in [5, 5.41) is 3.18. The Morgan fingerprint density at radius 1 is 1.25 bits per heavy atom. The average molecular weight is 271 g/mol. The van der Waals surface area contributed by atoms with Gasteiger partial charge in [0, 0.05) is 6.04 Å². The second-order valence-corrected chi connectivity index (χ2v) is 5.71. The molecule has 3 atom stereocenters. The average Bonchev–Trinajstić information content (AvgIpc) is 3.03. The molecule has 3 heteroatoms. The Bertz CT molecular complexity index is 506. The highest BCUT2D eigenvalue weighted by atomic mass is 16.5. The molecule has 3 unspecified atom stereocenters. The number of hydrogen-bond acceptors (Lipinski definition) is 2. The first-order chi connectivity index (χ1) is 9.74. The number of carbonyl (C=O) groups is 1. The van der Waals surface area contributed by atoms with Gasteiger partial charge in [-0.25, -0.2) is 0 Å². The zero-order valence-corrected chi connectivity index (χ0v) is 11.8. The molecular formula is C17H21NO2. The van der Waals surface area contributed by atoms with E-state index in [9.17, 15) is 4.79 Å². The molecule has 0 radical (unpaired) electrons. The topological polar surface area (TPSA) is 38.3 Å². The van der Waals surface area contributed by atoms with Gasteiger partial charge in [-0.05, 0) is 49.3 Å². The second kappa shape index (κ2) is 5.70. The maximum absolute atomic E-state index is 12.1. The van der Waals surface area contributed by atoms with Gasteiger partial charge in [0.15, 0.2) is 0 Å². The van der Waals surface area contributed by atoms with Gasteiger partial charge < -0.3 is 10.1 Å². The van der Waals surface area contributed by atoms with Gasteiger partial charge in [0.05, 0.1) is 13.0 Å². The molecule has 3 rings (SSSR count).